The van der Waals surface area contributed by atoms with Gasteiger partial charge in [-0.15, -0.1) is 0 Å². The predicted octanol–water partition coefficient (Wildman–Crippen LogP) is 4.03. The second kappa shape index (κ2) is 6.13. The Morgan fingerprint density at radius 3 is 2.44 bits per heavy atom. The zero-order chi connectivity index (χ0) is 17.4. The molecule has 4 nitrogen and oxygen atoms in total. The third-order valence-electron chi connectivity index (χ3n) is 4.87. The van der Waals surface area contributed by atoms with Crippen LogP contribution in [0.4, 0.5) is 11.4 Å². The molecule has 4 rings (SSSR count). The van der Waals surface area contributed by atoms with Gasteiger partial charge in [-0.3, -0.25) is 0 Å². The number of aryl methyl sites for hydroxylation is 2. The summed E-state index contributed by atoms with van der Waals surface area (Å²) < 4.78 is 5.18. The average molecular weight is 331 g/mol. The summed E-state index contributed by atoms with van der Waals surface area (Å²) in [5.74, 6) is 1.27. The highest BCUT2D eigenvalue weighted by Crippen LogP contribution is 2.36. The van der Waals surface area contributed by atoms with Gasteiger partial charge in [-0.05, 0) is 59.7 Å². The first-order valence-corrected chi connectivity index (χ1v) is 8.43. The highest BCUT2D eigenvalue weighted by atomic mass is 16.5. The number of nitrogens with two attached hydrogens (primary N) is 1. The molecule has 3 aromatic rings. The summed E-state index contributed by atoms with van der Waals surface area (Å²) in [5, 5.41) is 2.62. The zero-order valence-corrected chi connectivity index (χ0v) is 14.5. The number of methoxy groups -OCH3 is 1. The van der Waals surface area contributed by atoms with Gasteiger partial charge in [-0.1, -0.05) is 24.3 Å². The van der Waals surface area contributed by atoms with Crippen LogP contribution < -0.4 is 15.4 Å². The topological polar surface area (TPSA) is 50.9 Å². The number of hydrogen-bond donors (Lipinski definition) is 1. The molecule has 1 aliphatic rings. The van der Waals surface area contributed by atoms with Gasteiger partial charge in [0.25, 0.3) is 0 Å². The maximum Gasteiger partial charge on any atom is 0.200 e. The minimum absolute atomic E-state index is 0.462. The van der Waals surface area contributed by atoms with Gasteiger partial charge in [-0.25, -0.2) is 4.99 Å². The van der Waals surface area contributed by atoms with Gasteiger partial charge in [-0.2, -0.15) is 0 Å². The average Bonchev–Trinajstić information content (AvgIpc) is 3.07. The van der Waals surface area contributed by atoms with Crippen LogP contribution in [0.15, 0.2) is 59.6 Å². The number of nitrogens with zero attached hydrogens (tertiary/aromatic N) is 2. The van der Waals surface area contributed by atoms with Crippen molar-refractivity contribution < 1.29 is 4.74 Å². The van der Waals surface area contributed by atoms with Crippen LogP contribution in [0.2, 0.25) is 0 Å². The van der Waals surface area contributed by atoms with Crippen LogP contribution in [0.5, 0.6) is 5.75 Å². The molecule has 126 valence electrons. The summed E-state index contributed by atoms with van der Waals surface area (Å²) in [6, 6.07) is 18.4. The van der Waals surface area contributed by atoms with Gasteiger partial charge in [0.05, 0.1) is 18.5 Å². The number of hydrogen-bond acceptors (Lipinski definition) is 2. The lowest BCUT2D eigenvalue weighted by Crippen LogP contribution is -2.33. The molecule has 0 saturated heterocycles. The van der Waals surface area contributed by atoms with Crippen molar-refractivity contribution in [3.63, 3.8) is 0 Å². The third kappa shape index (κ3) is 2.70. The largest absolute Gasteiger partial charge is 0.497 e. The minimum atomic E-state index is 0.462. The summed E-state index contributed by atoms with van der Waals surface area (Å²) in [6.45, 7) is 0. The minimum Gasteiger partial charge on any atom is -0.497 e. The highest BCUT2D eigenvalue weighted by Gasteiger charge is 2.18. The summed E-state index contributed by atoms with van der Waals surface area (Å²) in [4.78, 5) is 6.49. The van der Waals surface area contributed by atoms with Gasteiger partial charge in [0.15, 0.2) is 0 Å². The SMILES string of the molecule is COc1ccc(N=C(N)N(C)c2ccc3c4c(cccc24)CC3)cc1. The van der Waals surface area contributed by atoms with Crippen molar-refractivity contribution in [1.82, 2.24) is 0 Å². The van der Waals surface area contributed by atoms with E-state index < -0.39 is 0 Å². The van der Waals surface area contributed by atoms with E-state index in [9.17, 15) is 0 Å². The molecule has 0 spiro atoms. The molecule has 0 amide bonds. The highest BCUT2D eigenvalue weighted by molar-refractivity contribution is 6.07. The molecule has 2 N–H and O–H groups in total. The van der Waals surface area contributed by atoms with Crippen LogP contribution >= 0.6 is 0 Å². The molecule has 1 aliphatic carbocycles. The Hall–Kier alpha value is -3.01. The quantitative estimate of drug-likeness (QED) is 0.582. The van der Waals surface area contributed by atoms with Crippen molar-refractivity contribution in [2.24, 2.45) is 10.7 Å². The molecule has 0 atom stereocenters. The van der Waals surface area contributed by atoms with Gasteiger partial charge in [0, 0.05) is 12.4 Å². The van der Waals surface area contributed by atoms with Gasteiger partial charge < -0.3 is 15.4 Å². The molecule has 0 fully saturated rings. The first-order valence-electron chi connectivity index (χ1n) is 8.43. The fraction of sp³-hybridized carbons (Fsp3) is 0.190. The molecule has 0 saturated carbocycles. The van der Waals surface area contributed by atoms with E-state index in [0.29, 0.717) is 5.96 Å². The lowest BCUT2D eigenvalue weighted by molar-refractivity contribution is 0.415. The first kappa shape index (κ1) is 15.5. The van der Waals surface area contributed by atoms with Crippen molar-refractivity contribution in [1.29, 1.82) is 0 Å². The van der Waals surface area contributed by atoms with E-state index in [1.54, 1.807) is 7.11 Å². The summed E-state index contributed by atoms with van der Waals surface area (Å²) in [6.07, 6.45) is 2.24. The van der Waals surface area contributed by atoms with Gasteiger partial charge in [0.2, 0.25) is 5.96 Å². The number of benzene rings is 3. The number of aliphatic imine (C=N–C) groups is 1. The van der Waals surface area contributed by atoms with E-state index in [2.05, 4.69) is 35.3 Å². The normalized spacial score (nSPS) is 13.3. The lowest BCUT2D eigenvalue weighted by Gasteiger charge is -2.21. The number of guanidine groups is 1. The Labute approximate surface area is 147 Å². The molecule has 0 heterocycles. The van der Waals surface area contributed by atoms with Crippen LogP contribution in [-0.4, -0.2) is 20.1 Å². The Morgan fingerprint density at radius 1 is 1.00 bits per heavy atom. The van der Waals surface area contributed by atoms with Crippen LogP contribution in [0, 0.1) is 0 Å². The lowest BCUT2D eigenvalue weighted by atomic mass is 10.0. The molecule has 0 aliphatic heterocycles. The Kier molecular flexibility index (Phi) is 3.80. The Balaban J connectivity index is 1.72. The Bertz CT molecular complexity index is 951. The third-order valence-corrected chi connectivity index (χ3v) is 4.87. The standard InChI is InChI=1S/C21H21N3O/c1-24(21(22)23-16-9-11-17(25-2)12-10-16)19-13-8-15-7-6-14-4-3-5-18(19)20(14)15/h3-5,8-13H,6-7H2,1-2H3,(H2,22,23). The van der Waals surface area contributed by atoms with E-state index in [0.717, 1.165) is 30.0 Å². The van der Waals surface area contributed by atoms with Crippen molar-refractivity contribution in [3.05, 3.63) is 65.7 Å². The molecular weight excluding hydrogens is 310 g/mol. The molecule has 0 unspecified atom stereocenters. The second-order valence-corrected chi connectivity index (χ2v) is 6.31. The van der Waals surface area contributed by atoms with Crippen molar-refractivity contribution in [2.75, 3.05) is 19.1 Å². The van der Waals surface area contributed by atoms with Crippen LogP contribution in [0.1, 0.15) is 11.1 Å². The number of anilines is 1. The van der Waals surface area contributed by atoms with Crippen molar-refractivity contribution >= 4 is 28.1 Å². The maximum absolute atomic E-state index is 6.28. The predicted molar refractivity (Wildman–Crippen MR) is 104 cm³/mol. The van der Waals surface area contributed by atoms with E-state index >= 15 is 0 Å². The fourth-order valence-electron chi connectivity index (χ4n) is 3.51. The van der Waals surface area contributed by atoms with Crippen molar-refractivity contribution in [2.45, 2.75) is 12.8 Å². The Morgan fingerprint density at radius 2 is 1.72 bits per heavy atom. The summed E-state index contributed by atoms with van der Waals surface area (Å²) in [7, 11) is 3.61. The van der Waals surface area contributed by atoms with Crippen LogP contribution in [0.25, 0.3) is 10.8 Å². The monoisotopic (exact) mass is 331 g/mol. The fourth-order valence-corrected chi connectivity index (χ4v) is 3.51. The first-order chi connectivity index (χ1) is 12.2. The number of rotatable bonds is 3. The van der Waals surface area contributed by atoms with E-state index in [1.807, 2.05) is 36.2 Å². The van der Waals surface area contributed by atoms with Crippen LogP contribution in [0.3, 0.4) is 0 Å². The molecule has 3 aromatic carbocycles. The van der Waals surface area contributed by atoms with Gasteiger partial charge in [0.1, 0.15) is 5.75 Å². The smallest absolute Gasteiger partial charge is 0.200 e. The molecule has 0 radical (unpaired) electrons. The summed E-state index contributed by atoms with van der Waals surface area (Å²) >= 11 is 0. The molecule has 0 aromatic heterocycles. The van der Waals surface area contributed by atoms with Gasteiger partial charge >= 0.3 is 0 Å². The van der Waals surface area contributed by atoms with Crippen molar-refractivity contribution in [3.8, 4) is 5.75 Å². The zero-order valence-electron chi connectivity index (χ0n) is 14.5. The summed E-state index contributed by atoms with van der Waals surface area (Å²) in [5.41, 5.74) is 11.0. The number of ether oxygens (including phenoxy) is 1. The van der Waals surface area contributed by atoms with E-state index in [-0.39, 0.29) is 0 Å². The molecule has 25 heavy (non-hydrogen) atoms. The van der Waals surface area contributed by atoms with E-state index in [4.69, 9.17) is 10.5 Å². The molecule has 4 heteroatoms. The molecular formula is C21H21N3O. The second-order valence-electron chi connectivity index (χ2n) is 6.31. The van der Waals surface area contributed by atoms with E-state index in [1.165, 1.54) is 21.9 Å². The van der Waals surface area contributed by atoms with Crippen LogP contribution in [-0.2, 0) is 12.8 Å². The molecule has 0 bridgehead atoms. The maximum atomic E-state index is 6.28.